The van der Waals surface area contributed by atoms with Gasteiger partial charge in [0.15, 0.2) is 0 Å². The van der Waals surface area contributed by atoms with Crippen LogP contribution in [0, 0.1) is 0 Å². The first-order chi connectivity index (χ1) is 8.51. The van der Waals surface area contributed by atoms with Crippen LogP contribution in [-0.4, -0.2) is 52.8 Å². The van der Waals surface area contributed by atoms with Crippen molar-refractivity contribution < 1.29 is 9.59 Å². The molecule has 2 saturated heterocycles. The van der Waals surface area contributed by atoms with E-state index in [1.54, 1.807) is 0 Å². The minimum atomic E-state index is -0.731. The van der Waals surface area contributed by atoms with Crippen molar-refractivity contribution >= 4 is 11.8 Å². The predicted molar refractivity (Wildman–Crippen MR) is 68.8 cm³/mol. The minimum absolute atomic E-state index is 0.0477. The van der Waals surface area contributed by atoms with E-state index >= 15 is 0 Å². The second kappa shape index (κ2) is 4.88. The molecule has 2 aliphatic heterocycles. The molecule has 0 bridgehead atoms. The third-order valence-corrected chi connectivity index (χ3v) is 4.47. The zero-order valence-corrected chi connectivity index (χ0v) is 11.3. The molecule has 2 N–H and O–H groups in total. The summed E-state index contributed by atoms with van der Waals surface area (Å²) in [5.74, 6) is 0.281. The van der Waals surface area contributed by atoms with Gasteiger partial charge in [-0.1, -0.05) is 13.8 Å². The summed E-state index contributed by atoms with van der Waals surface area (Å²) in [6, 6.07) is 0.216. The first-order valence-corrected chi connectivity index (χ1v) is 6.89. The maximum atomic E-state index is 12.4. The van der Waals surface area contributed by atoms with Crippen LogP contribution < -0.4 is 5.73 Å². The van der Waals surface area contributed by atoms with Gasteiger partial charge in [-0.2, -0.15) is 0 Å². The number of amides is 2. The highest BCUT2D eigenvalue weighted by Gasteiger charge is 2.41. The fourth-order valence-electron chi connectivity index (χ4n) is 2.92. The van der Waals surface area contributed by atoms with E-state index < -0.39 is 5.54 Å². The van der Waals surface area contributed by atoms with Gasteiger partial charge in [0.05, 0.1) is 5.54 Å². The van der Waals surface area contributed by atoms with Crippen molar-refractivity contribution in [2.24, 2.45) is 5.73 Å². The van der Waals surface area contributed by atoms with Gasteiger partial charge in [0, 0.05) is 32.1 Å². The molecule has 0 aromatic carbocycles. The van der Waals surface area contributed by atoms with Gasteiger partial charge in [-0.05, 0) is 19.3 Å². The van der Waals surface area contributed by atoms with E-state index in [-0.39, 0.29) is 17.9 Å². The maximum Gasteiger partial charge on any atom is 0.242 e. The average Bonchev–Trinajstić information content (AvgIpc) is 2.78. The molecular weight excluding hydrogens is 230 g/mol. The van der Waals surface area contributed by atoms with E-state index in [0.29, 0.717) is 38.9 Å². The lowest BCUT2D eigenvalue weighted by Gasteiger charge is -2.41. The topological polar surface area (TPSA) is 66.6 Å². The van der Waals surface area contributed by atoms with E-state index in [0.717, 1.165) is 6.42 Å². The van der Waals surface area contributed by atoms with Gasteiger partial charge in [-0.25, -0.2) is 0 Å². The number of nitrogens with zero attached hydrogens (tertiary/aromatic N) is 2. The normalized spacial score (nSPS) is 24.4. The molecule has 2 amide bonds. The van der Waals surface area contributed by atoms with Crippen molar-refractivity contribution in [3.05, 3.63) is 0 Å². The number of carbonyl (C=O) groups is 2. The Morgan fingerprint density at radius 2 is 2.06 bits per heavy atom. The summed E-state index contributed by atoms with van der Waals surface area (Å²) in [4.78, 5) is 27.8. The molecule has 2 aliphatic rings. The lowest BCUT2D eigenvalue weighted by atomic mass is 9.92. The number of fused-ring (bicyclic) bond motifs is 1. The van der Waals surface area contributed by atoms with Crippen LogP contribution in [0.15, 0.2) is 0 Å². The highest BCUT2D eigenvalue weighted by Crippen LogP contribution is 2.25. The van der Waals surface area contributed by atoms with Gasteiger partial charge in [0.1, 0.15) is 0 Å². The van der Waals surface area contributed by atoms with Crippen LogP contribution in [0.4, 0.5) is 0 Å². The molecule has 2 rings (SSSR count). The zero-order valence-electron chi connectivity index (χ0n) is 11.3. The average molecular weight is 253 g/mol. The van der Waals surface area contributed by atoms with E-state index in [1.165, 1.54) is 0 Å². The van der Waals surface area contributed by atoms with Crippen LogP contribution in [0.25, 0.3) is 0 Å². The summed E-state index contributed by atoms with van der Waals surface area (Å²) in [7, 11) is 0. The Labute approximate surface area is 108 Å². The lowest BCUT2D eigenvalue weighted by molar-refractivity contribution is -0.143. The Morgan fingerprint density at radius 3 is 2.67 bits per heavy atom. The van der Waals surface area contributed by atoms with Crippen LogP contribution >= 0.6 is 0 Å². The fraction of sp³-hybridized carbons (Fsp3) is 0.846. The Hall–Kier alpha value is -1.10. The van der Waals surface area contributed by atoms with Gasteiger partial charge in [-0.15, -0.1) is 0 Å². The summed E-state index contributed by atoms with van der Waals surface area (Å²) in [5, 5.41) is 0. The van der Waals surface area contributed by atoms with Gasteiger partial charge < -0.3 is 15.5 Å². The molecule has 5 heteroatoms. The highest BCUT2D eigenvalue weighted by atomic mass is 16.2. The Balaban J connectivity index is 2.04. The number of hydrogen-bond donors (Lipinski definition) is 1. The van der Waals surface area contributed by atoms with E-state index in [4.69, 9.17) is 5.73 Å². The van der Waals surface area contributed by atoms with E-state index in [9.17, 15) is 9.59 Å². The first kappa shape index (κ1) is 13.3. The molecule has 0 radical (unpaired) electrons. The monoisotopic (exact) mass is 253 g/mol. The second-order valence-electron chi connectivity index (χ2n) is 5.39. The van der Waals surface area contributed by atoms with Crippen molar-refractivity contribution in [3.8, 4) is 0 Å². The SMILES string of the molecule is CCC(N)(CC)C(=O)N1CCN2C(=O)CCC2C1. The van der Waals surface area contributed by atoms with Crippen molar-refractivity contribution in [2.75, 3.05) is 19.6 Å². The number of rotatable bonds is 3. The van der Waals surface area contributed by atoms with Gasteiger partial charge in [-0.3, -0.25) is 9.59 Å². The predicted octanol–water partition coefficient (Wildman–Crippen LogP) is 0.337. The number of nitrogens with two attached hydrogens (primary N) is 1. The van der Waals surface area contributed by atoms with Crippen molar-refractivity contribution in [1.82, 2.24) is 9.80 Å². The Kier molecular flexibility index (Phi) is 3.61. The highest BCUT2D eigenvalue weighted by molar-refractivity contribution is 5.86. The first-order valence-electron chi connectivity index (χ1n) is 6.89. The molecule has 102 valence electrons. The fourth-order valence-corrected chi connectivity index (χ4v) is 2.92. The number of piperazine rings is 1. The quantitative estimate of drug-likeness (QED) is 0.788. The molecule has 0 aromatic heterocycles. The third-order valence-electron chi connectivity index (χ3n) is 4.47. The largest absolute Gasteiger partial charge is 0.337 e. The number of hydrogen-bond acceptors (Lipinski definition) is 3. The molecule has 1 unspecified atom stereocenters. The zero-order chi connectivity index (χ0) is 13.3. The summed E-state index contributed by atoms with van der Waals surface area (Å²) in [6.07, 6.45) is 2.82. The van der Waals surface area contributed by atoms with Gasteiger partial charge in [0.25, 0.3) is 0 Å². The van der Waals surface area contributed by atoms with Gasteiger partial charge in [0.2, 0.25) is 11.8 Å². The second-order valence-corrected chi connectivity index (χ2v) is 5.39. The van der Waals surface area contributed by atoms with Crippen LogP contribution in [0.3, 0.4) is 0 Å². The molecule has 1 atom stereocenters. The Morgan fingerprint density at radius 1 is 1.39 bits per heavy atom. The minimum Gasteiger partial charge on any atom is -0.337 e. The summed E-state index contributed by atoms with van der Waals surface area (Å²) < 4.78 is 0. The summed E-state index contributed by atoms with van der Waals surface area (Å²) in [5.41, 5.74) is 5.43. The molecule has 18 heavy (non-hydrogen) atoms. The van der Waals surface area contributed by atoms with E-state index in [1.807, 2.05) is 23.6 Å². The van der Waals surface area contributed by atoms with Crippen molar-refractivity contribution in [2.45, 2.75) is 51.1 Å². The molecule has 0 spiro atoms. The van der Waals surface area contributed by atoms with Crippen LogP contribution in [0.2, 0.25) is 0 Å². The van der Waals surface area contributed by atoms with E-state index in [2.05, 4.69) is 0 Å². The molecule has 5 nitrogen and oxygen atoms in total. The molecule has 2 fully saturated rings. The molecule has 0 saturated carbocycles. The standard InChI is InChI=1S/C13H23N3O2/c1-3-13(14,4-2)12(18)15-7-8-16-10(9-15)5-6-11(16)17/h10H,3-9,14H2,1-2H3. The lowest BCUT2D eigenvalue weighted by Crippen LogP contribution is -2.61. The maximum absolute atomic E-state index is 12.4. The smallest absolute Gasteiger partial charge is 0.242 e. The van der Waals surface area contributed by atoms with Gasteiger partial charge >= 0.3 is 0 Å². The summed E-state index contributed by atoms with van der Waals surface area (Å²) >= 11 is 0. The van der Waals surface area contributed by atoms with Crippen LogP contribution in [-0.2, 0) is 9.59 Å². The van der Waals surface area contributed by atoms with Crippen molar-refractivity contribution in [1.29, 1.82) is 0 Å². The summed E-state index contributed by atoms with van der Waals surface area (Å²) in [6.45, 7) is 5.86. The van der Waals surface area contributed by atoms with Crippen LogP contribution in [0.1, 0.15) is 39.5 Å². The van der Waals surface area contributed by atoms with Crippen molar-refractivity contribution in [3.63, 3.8) is 0 Å². The molecular formula is C13H23N3O2. The third kappa shape index (κ3) is 2.11. The van der Waals surface area contributed by atoms with Crippen LogP contribution in [0.5, 0.6) is 0 Å². The molecule has 0 aromatic rings. The number of carbonyl (C=O) groups excluding carboxylic acids is 2. The Bertz CT molecular complexity index is 352. The molecule has 2 heterocycles. The molecule has 0 aliphatic carbocycles.